The minimum absolute atomic E-state index is 0.0819. The normalized spacial score (nSPS) is 14.2. The van der Waals surface area contributed by atoms with Gasteiger partial charge in [0.1, 0.15) is 29.2 Å². The van der Waals surface area contributed by atoms with Gasteiger partial charge >= 0.3 is 6.09 Å². The van der Waals surface area contributed by atoms with Gasteiger partial charge in [-0.25, -0.2) is 4.79 Å². The van der Waals surface area contributed by atoms with Crippen LogP contribution in [0.15, 0.2) is 72.8 Å². The van der Waals surface area contributed by atoms with Crippen molar-refractivity contribution in [3.05, 3.63) is 89.5 Å². The van der Waals surface area contributed by atoms with E-state index in [-0.39, 0.29) is 18.2 Å². The molecular formula is C35H39N3O6. The molecule has 2 unspecified atom stereocenters. The number of carbonyl (C=O) groups excluding carboxylic acids is 3. The molecule has 1 aliphatic carbocycles. The average Bonchev–Trinajstić information content (AvgIpc) is 2.96. The second-order valence-electron chi connectivity index (χ2n) is 11.8. The van der Waals surface area contributed by atoms with Crippen LogP contribution in [0, 0.1) is 12.3 Å². The average molecular weight is 598 g/mol. The summed E-state index contributed by atoms with van der Waals surface area (Å²) in [6, 6.07) is 18.0. The third kappa shape index (κ3) is 8.32. The number of nitrogens with zero attached hydrogens (tertiary/aromatic N) is 1. The summed E-state index contributed by atoms with van der Waals surface area (Å²) in [6.07, 6.45) is 7.27. The second kappa shape index (κ2) is 14.0. The van der Waals surface area contributed by atoms with E-state index >= 15 is 0 Å². The molecule has 2 atom stereocenters. The van der Waals surface area contributed by atoms with Gasteiger partial charge in [-0.1, -0.05) is 30.2 Å². The Bertz CT molecular complexity index is 1480. The number of hydrogen-bond donors (Lipinski definition) is 3. The molecule has 1 fully saturated rings. The molecule has 44 heavy (non-hydrogen) atoms. The Morgan fingerprint density at radius 1 is 1.00 bits per heavy atom. The van der Waals surface area contributed by atoms with Gasteiger partial charge in [0.25, 0.3) is 5.91 Å². The van der Waals surface area contributed by atoms with Gasteiger partial charge in [0.15, 0.2) is 0 Å². The molecule has 4 rings (SSSR count). The zero-order chi connectivity index (χ0) is 31.9. The number of ether oxygens (including phenoxy) is 2. The summed E-state index contributed by atoms with van der Waals surface area (Å²) in [6.45, 7) is 5.22. The highest BCUT2D eigenvalue weighted by Gasteiger charge is 2.42. The van der Waals surface area contributed by atoms with E-state index in [1.807, 2.05) is 0 Å². The van der Waals surface area contributed by atoms with Gasteiger partial charge in [-0.05, 0) is 99.7 Å². The van der Waals surface area contributed by atoms with E-state index in [0.717, 1.165) is 6.42 Å². The fourth-order valence-corrected chi connectivity index (χ4v) is 4.97. The molecule has 3 N–H and O–H groups in total. The summed E-state index contributed by atoms with van der Waals surface area (Å²) >= 11 is 0. The van der Waals surface area contributed by atoms with Crippen LogP contribution in [0.1, 0.15) is 62.8 Å². The highest BCUT2D eigenvalue weighted by atomic mass is 16.6. The third-order valence-corrected chi connectivity index (χ3v) is 7.36. The SMILES string of the molecule is C#Cc1ccc(C(C(=O)Nc2ccc(OC)cc2)N(C(=O)C(Cc2ccc(O)cc2)NC(=O)OC(C)(C)C)C2CCC2)cc1. The topological polar surface area (TPSA) is 117 Å². The Morgan fingerprint density at radius 2 is 1.64 bits per heavy atom. The smallest absolute Gasteiger partial charge is 0.408 e. The van der Waals surface area contributed by atoms with Gasteiger partial charge < -0.3 is 30.1 Å². The minimum atomic E-state index is -1.06. The number of phenolic OH excluding ortho intramolecular Hbond substituents is 1. The van der Waals surface area contributed by atoms with Crippen LogP contribution in [0.5, 0.6) is 11.5 Å². The van der Waals surface area contributed by atoms with Crippen LogP contribution < -0.4 is 15.4 Å². The molecule has 0 spiro atoms. The Hall–Kier alpha value is -4.97. The maximum Gasteiger partial charge on any atom is 0.408 e. The largest absolute Gasteiger partial charge is 0.508 e. The second-order valence-corrected chi connectivity index (χ2v) is 11.8. The van der Waals surface area contributed by atoms with Gasteiger partial charge in [0, 0.05) is 23.7 Å². The molecule has 3 amide bonds. The van der Waals surface area contributed by atoms with Gasteiger partial charge in [0.2, 0.25) is 5.91 Å². The van der Waals surface area contributed by atoms with Gasteiger partial charge in [-0.2, -0.15) is 0 Å². The number of amides is 3. The van der Waals surface area contributed by atoms with Gasteiger partial charge in [0.05, 0.1) is 7.11 Å². The maximum atomic E-state index is 14.6. The van der Waals surface area contributed by atoms with Gasteiger partial charge in [-0.15, -0.1) is 6.42 Å². The van der Waals surface area contributed by atoms with Crippen LogP contribution >= 0.6 is 0 Å². The van der Waals surface area contributed by atoms with E-state index in [1.54, 1.807) is 93.4 Å². The first-order valence-corrected chi connectivity index (χ1v) is 14.6. The van der Waals surface area contributed by atoms with Crippen molar-refractivity contribution in [2.75, 3.05) is 12.4 Å². The molecule has 3 aromatic carbocycles. The number of anilines is 1. The van der Waals surface area contributed by atoms with Crippen molar-refractivity contribution >= 4 is 23.6 Å². The first-order valence-electron chi connectivity index (χ1n) is 14.6. The fraction of sp³-hybridized carbons (Fsp3) is 0.343. The first kappa shape index (κ1) is 32.0. The van der Waals surface area contributed by atoms with Crippen LogP contribution in [0.4, 0.5) is 10.5 Å². The van der Waals surface area contributed by atoms with Crippen molar-refractivity contribution < 1.29 is 29.0 Å². The lowest BCUT2D eigenvalue weighted by Crippen LogP contribution is -2.57. The zero-order valence-electron chi connectivity index (χ0n) is 25.5. The van der Waals surface area contributed by atoms with E-state index in [0.29, 0.717) is 41.0 Å². The molecule has 1 saturated carbocycles. The molecule has 3 aromatic rings. The molecule has 0 heterocycles. The molecule has 9 nitrogen and oxygen atoms in total. The highest BCUT2D eigenvalue weighted by molar-refractivity contribution is 5.99. The standard InChI is InChI=1S/C35H39N3O6/c1-6-23-10-14-25(15-11-23)31(32(40)36-26-16-20-29(43-5)21-17-26)38(27-8-7-9-27)33(41)30(37-34(42)44-35(2,3)4)22-24-12-18-28(39)19-13-24/h1,10-21,27,30-31,39H,7-9,22H2,2-5H3,(H,36,40)(H,37,42). The quantitative estimate of drug-likeness (QED) is 0.263. The molecular weight excluding hydrogens is 558 g/mol. The number of benzene rings is 3. The number of alkyl carbamates (subject to hydrolysis) is 1. The van der Waals surface area contributed by atoms with Crippen LogP contribution in [0.3, 0.4) is 0 Å². The number of phenols is 1. The number of terminal acetylenes is 1. The summed E-state index contributed by atoms with van der Waals surface area (Å²) in [7, 11) is 1.56. The summed E-state index contributed by atoms with van der Waals surface area (Å²) in [5, 5.41) is 15.5. The number of methoxy groups -OCH3 is 1. The van der Waals surface area contributed by atoms with E-state index in [1.165, 1.54) is 12.1 Å². The van der Waals surface area contributed by atoms with Crippen molar-refractivity contribution in [2.45, 2.75) is 70.2 Å². The Morgan fingerprint density at radius 3 is 2.16 bits per heavy atom. The molecule has 0 saturated heterocycles. The van der Waals surface area contributed by atoms with E-state index in [2.05, 4.69) is 16.6 Å². The molecule has 9 heteroatoms. The lowest BCUT2D eigenvalue weighted by atomic mass is 9.87. The zero-order valence-corrected chi connectivity index (χ0v) is 25.5. The Kier molecular flexibility index (Phi) is 10.2. The van der Waals surface area contributed by atoms with E-state index in [9.17, 15) is 19.5 Å². The molecule has 1 aliphatic rings. The van der Waals surface area contributed by atoms with Crippen LogP contribution in [-0.2, 0) is 20.7 Å². The number of nitrogens with one attached hydrogen (secondary N) is 2. The first-order chi connectivity index (χ1) is 21.0. The Labute approximate surface area is 258 Å². The summed E-state index contributed by atoms with van der Waals surface area (Å²) in [4.78, 5) is 43.3. The monoisotopic (exact) mass is 597 g/mol. The van der Waals surface area contributed by atoms with E-state index in [4.69, 9.17) is 15.9 Å². The maximum absolute atomic E-state index is 14.6. The number of rotatable bonds is 10. The molecule has 0 aromatic heterocycles. The fourth-order valence-electron chi connectivity index (χ4n) is 4.97. The lowest BCUT2D eigenvalue weighted by Gasteiger charge is -2.43. The molecule has 0 radical (unpaired) electrons. The van der Waals surface area contributed by atoms with Crippen molar-refractivity contribution in [3.63, 3.8) is 0 Å². The summed E-state index contributed by atoms with van der Waals surface area (Å²) < 4.78 is 10.7. The van der Waals surface area contributed by atoms with Gasteiger partial charge in [-0.3, -0.25) is 9.59 Å². The minimum Gasteiger partial charge on any atom is -0.508 e. The summed E-state index contributed by atoms with van der Waals surface area (Å²) in [5.74, 6) is 2.47. The molecule has 230 valence electrons. The van der Waals surface area contributed by atoms with Crippen molar-refractivity contribution in [1.29, 1.82) is 0 Å². The van der Waals surface area contributed by atoms with Crippen LogP contribution in [0.25, 0.3) is 0 Å². The van der Waals surface area contributed by atoms with Crippen molar-refractivity contribution in [3.8, 4) is 23.8 Å². The number of carbonyl (C=O) groups is 3. The number of aromatic hydroxyl groups is 1. The third-order valence-electron chi connectivity index (χ3n) is 7.36. The predicted molar refractivity (Wildman–Crippen MR) is 168 cm³/mol. The lowest BCUT2D eigenvalue weighted by molar-refractivity contribution is -0.145. The number of hydrogen-bond acceptors (Lipinski definition) is 6. The highest BCUT2D eigenvalue weighted by Crippen LogP contribution is 2.35. The summed E-state index contributed by atoms with van der Waals surface area (Å²) in [5.41, 5.74) is 1.68. The van der Waals surface area contributed by atoms with E-state index < -0.39 is 35.6 Å². The van der Waals surface area contributed by atoms with Crippen molar-refractivity contribution in [1.82, 2.24) is 10.2 Å². The Balaban J connectivity index is 1.74. The molecule has 0 bridgehead atoms. The van der Waals surface area contributed by atoms with Crippen LogP contribution in [0.2, 0.25) is 0 Å². The van der Waals surface area contributed by atoms with Crippen molar-refractivity contribution in [2.24, 2.45) is 0 Å². The predicted octanol–water partition coefficient (Wildman–Crippen LogP) is 5.58. The molecule has 0 aliphatic heterocycles. The van der Waals surface area contributed by atoms with Crippen LogP contribution in [-0.4, -0.2) is 52.7 Å².